The molecule has 0 saturated carbocycles. The van der Waals surface area contributed by atoms with Crippen molar-refractivity contribution in [3.05, 3.63) is 95.3 Å². The van der Waals surface area contributed by atoms with E-state index in [-0.39, 0.29) is 23.8 Å². The van der Waals surface area contributed by atoms with E-state index in [0.29, 0.717) is 17.8 Å². The lowest BCUT2D eigenvalue weighted by atomic mass is 9.82. The van der Waals surface area contributed by atoms with Crippen LogP contribution in [0.4, 0.5) is 5.69 Å². The first kappa shape index (κ1) is 20.8. The molecule has 0 fully saturated rings. The first-order valence-electron chi connectivity index (χ1n) is 10.5. The normalized spacial score (nSPS) is 16.1. The van der Waals surface area contributed by atoms with E-state index in [1.807, 2.05) is 30.3 Å². The Balaban J connectivity index is 1.33. The molecule has 2 atom stereocenters. The molecule has 3 aromatic rings. The molecule has 0 aliphatic heterocycles. The molecule has 6 heteroatoms. The number of anilines is 1. The minimum absolute atomic E-state index is 0.0240. The number of nitrogens with one attached hydrogen (secondary N) is 2. The first-order valence-corrected chi connectivity index (χ1v) is 10.5. The lowest BCUT2D eigenvalue weighted by Gasteiger charge is -2.25. The smallest absolute Gasteiger partial charge is 0.255 e. The van der Waals surface area contributed by atoms with Crippen LogP contribution in [0.3, 0.4) is 0 Å². The summed E-state index contributed by atoms with van der Waals surface area (Å²) in [7, 11) is 0. The van der Waals surface area contributed by atoms with Gasteiger partial charge in [-0.25, -0.2) is 0 Å². The van der Waals surface area contributed by atoms with Gasteiger partial charge < -0.3 is 16.4 Å². The van der Waals surface area contributed by atoms with Gasteiger partial charge in [-0.15, -0.1) is 0 Å². The summed E-state index contributed by atoms with van der Waals surface area (Å²) in [6.45, 7) is 0.347. The van der Waals surface area contributed by atoms with Gasteiger partial charge in [0, 0.05) is 36.2 Å². The SMILES string of the molecule is N[C@@H](CNC(=O)C1CCCc2ccccc21)c1ccc(C(=O)Nc2ccncc2)cc1. The molecule has 31 heavy (non-hydrogen) atoms. The van der Waals surface area contributed by atoms with Gasteiger partial charge in [0.2, 0.25) is 5.91 Å². The highest BCUT2D eigenvalue weighted by atomic mass is 16.2. The Hall–Kier alpha value is -3.51. The van der Waals surface area contributed by atoms with Crippen molar-refractivity contribution in [2.75, 3.05) is 11.9 Å². The summed E-state index contributed by atoms with van der Waals surface area (Å²) in [5.74, 6) is -0.289. The molecule has 4 N–H and O–H groups in total. The van der Waals surface area contributed by atoms with Gasteiger partial charge in [-0.05, 0) is 60.2 Å². The predicted octanol–water partition coefficient (Wildman–Crippen LogP) is 3.57. The molecule has 6 nitrogen and oxygen atoms in total. The summed E-state index contributed by atoms with van der Waals surface area (Å²) in [4.78, 5) is 29.1. The highest BCUT2D eigenvalue weighted by Crippen LogP contribution is 2.31. The molecule has 1 aliphatic carbocycles. The lowest BCUT2D eigenvalue weighted by molar-refractivity contribution is -0.122. The summed E-state index contributed by atoms with van der Waals surface area (Å²) < 4.78 is 0. The standard InChI is InChI=1S/C25H26N4O2/c26-23(16-28-25(31)22-7-3-5-17-4-1-2-6-21(17)22)18-8-10-19(11-9-18)24(30)29-20-12-14-27-15-13-20/h1-2,4,6,8-15,22-23H,3,5,7,16,26H2,(H,28,31)(H,27,29,30)/t22?,23-/m0/s1. The van der Waals surface area contributed by atoms with Crippen molar-refractivity contribution in [1.82, 2.24) is 10.3 Å². The Morgan fingerprint density at radius 1 is 1.03 bits per heavy atom. The fourth-order valence-corrected chi connectivity index (χ4v) is 4.00. The Labute approximate surface area is 181 Å². The molecular weight excluding hydrogens is 388 g/mol. The van der Waals surface area contributed by atoms with Crippen molar-refractivity contribution >= 4 is 17.5 Å². The molecule has 0 bridgehead atoms. The second-order valence-electron chi connectivity index (χ2n) is 7.81. The maximum Gasteiger partial charge on any atom is 0.255 e. The Morgan fingerprint density at radius 3 is 2.55 bits per heavy atom. The van der Waals surface area contributed by atoms with Crippen molar-refractivity contribution in [1.29, 1.82) is 0 Å². The van der Waals surface area contributed by atoms with Crippen molar-refractivity contribution in [2.45, 2.75) is 31.2 Å². The highest BCUT2D eigenvalue weighted by Gasteiger charge is 2.26. The Bertz CT molecular complexity index is 1050. The quantitative estimate of drug-likeness (QED) is 0.574. The fraction of sp³-hybridized carbons (Fsp3) is 0.240. The van der Waals surface area contributed by atoms with Crippen LogP contribution in [0.1, 0.15) is 51.8 Å². The van der Waals surface area contributed by atoms with Gasteiger partial charge in [0.05, 0.1) is 5.92 Å². The first-order chi connectivity index (χ1) is 15.1. The van der Waals surface area contributed by atoms with E-state index >= 15 is 0 Å². The number of hydrogen-bond acceptors (Lipinski definition) is 4. The molecule has 1 aliphatic rings. The number of aromatic nitrogens is 1. The van der Waals surface area contributed by atoms with Crippen molar-refractivity contribution < 1.29 is 9.59 Å². The van der Waals surface area contributed by atoms with Crippen LogP contribution >= 0.6 is 0 Å². The van der Waals surface area contributed by atoms with Gasteiger partial charge in [-0.1, -0.05) is 36.4 Å². The van der Waals surface area contributed by atoms with E-state index in [4.69, 9.17) is 5.73 Å². The number of pyridine rings is 1. The van der Waals surface area contributed by atoms with E-state index in [2.05, 4.69) is 21.7 Å². The van der Waals surface area contributed by atoms with Gasteiger partial charge in [-0.3, -0.25) is 14.6 Å². The zero-order chi connectivity index (χ0) is 21.6. The van der Waals surface area contributed by atoms with Gasteiger partial charge in [0.15, 0.2) is 0 Å². The fourth-order valence-electron chi connectivity index (χ4n) is 4.00. The number of nitrogens with zero attached hydrogens (tertiary/aromatic N) is 1. The Kier molecular flexibility index (Phi) is 6.38. The molecule has 4 rings (SSSR count). The van der Waals surface area contributed by atoms with E-state index in [1.165, 1.54) is 5.56 Å². The molecule has 1 unspecified atom stereocenters. The van der Waals surface area contributed by atoms with Crippen LogP contribution in [0.2, 0.25) is 0 Å². The summed E-state index contributed by atoms with van der Waals surface area (Å²) in [5, 5.41) is 5.84. The minimum Gasteiger partial charge on any atom is -0.354 e. The molecule has 0 saturated heterocycles. The number of fused-ring (bicyclic) bond motifs is 1. The van der Waals surface area contributed by atoms with E-state index in [1.54, 1.807) is 36.7 Å². The average molecular weight is 415 g/mol. The van der Waals surface area contributed by atoms with Gasteiger partial charge >= 0.3 is 0 Å². The molecule has 2 amide bonds. The second kappa shape index (κ2) is 9.53. The number of nitrogens with two attached hydrogens (primary N) is 1. The van der Waals surface area contributed by atoms with Crippen molar-refractivity contribution in [2.24, 2.45) is 5.73 Å². The molecule has 1 heterocycles. The topological polar surface area (TPSA) is 97.1 Å². The minimum atomic E-state index is -0.347. The van der Waals surface area contributed by atoms with Crippen molar-refractivity contribution in [3.8, 4) is 0 Å². The molecule has 158 valence electrons. The lowest BCUT2D eigenvalue weighted by Crippen LogP contribution is -2.36. The van der Waals surface area contributed by atoms with Crippen LogP contribution in [-0.2, 0) is 11.2 Å². The predicted molar refractivity (Wildman–Crippen MR) is 121 cm³/mol. The van der Waals surface area contributed by atoms with Gasteiger partial charge in [0.25, 0.3) is 5.91 Å². The third kappa shape index (κ3) is 4.98. The van der Waals surface area contributed by atoms with Crippen LogP contribution in [-0.4, -0.2) is 23.3 Å². The second-order valence-corrected chi connectivity index (χ2v) is 7.81. The summed E-state index contributed by atoms with van der Waals surface area (Å²) in [5.41, 5.74) is 10.8. The number of aryl methyl sites for hydroxylation is 1. The number of carbonyl (C=O) groups is 2. The van der Waals surface area contributed by atoms with E-state index < -0.39 is 0 Å². The van der Waals surface area contributed by atoms with Gasteiger partial charge in [0.1, 0.15) is 0 Å². The molecule has 2 aromatic carbocycles. The summed E-state index contributed by atoms with van der Waals surface area (Å²) in [6, 6.07) is 18.4. The largest absolute Gasteiger partial charge is 0.354 e. The zero-order valence-corrected chi connectivity index (χ0v) is 17.3. The number of rotatable bonds is 6. The van der Waals surface area contributed by atoms with Crippen LogP contribution in [0, 0.1) is 0 Å². The monoisotopic (exact) mass is 414 g/mol. The molecule has 1 aromatic heterocycles. The van der Waals surface area contributed by atoms with Gasteiger partial charge in [-0.2, -0.15) is 0 Å². The molecular formula is C25H26N4O2. The van der Waals surface area contributed by atoms with Crippen molar-refractivity contribution in [3.63, 3.8) is 0 Å². The van der Waals surface area contributed by atoms with Crippen LogP contribution < -0.4 is 16.4 Å². The number of carbonyl (C=O) groups excluding carboxylic acids is 2. The summed E-state index contributed by atoms with van der Waals surface area (Å²) >= 11 is 0. The third-order valence-corrected chi connectivity index (χ3v) is 5.72. The van der Waals surface area contributed by atoms with E-state index in [9.17, 15) is 9.59 Å². The maximum atomic E-state index is 12.8. The number of amides is 2. The average Bonchev–Trinajstić information content (AvgIpc) is 2.82. The molecule has 0 spiro atoms. The zero-order valence-electron chi connectivity index (χ0n) is 17.3. The van der Waals surface area contributed by atoms with Crippen LogP contribution in [0.25, 0.3) is 0 Å². The molecule has 0 radical (unpaired) electrons. The highest BCUT2D eigenvalue weighted by molar-refractivity contribution is 6.04. The van der Waals surface area contributed by atoms with E-state index in [0.717, 1.165) is 30.4 Å². The van der Waals surface area contributed by atoms with Crippen LogP contribution in [0.15, 0.2) is 73.1 Å². The number of benzene rings is 2. The van der Waals surface area contributed by atoms with Crippen LogP contribution in [0.5, 0.6) is 0 Å². The summed E-state index contributed by atoms with van der Waals surface area (Å²) in [6.07, 6.45) is 6.15. The maximum absolute atomic E-state index is 12.8. The Morgan fingerprint density at radius 2 is 1.77 bits per heavy atom. The third-order valence-electron chi connectivity index (χ3n) is 5.72. The number of hydrogen-bond donors (Lipinski definition) is 3.